The molecule has 104 valence electrons. The molecule has 1 saturated heterocycles. The maximum atomic E-state index is 10.8. The highest BCUT2D eigenvalue weighted by atomic mass is 16.4. The molecule has 0 unspecified atom stereocenters. The summed E-state index contributed by atoms with van der Waals surface area (Å²) in [7, 11) is 0. The summed E-state index contributed by atoms with van der Waals surface area (Å²) in [6.07, 6.45) is 9.54. The molecule has 2 aliphatic rings. The van der Waals surface area contributed by atoms with Gasteiger partial charge in [0.05, 0.1) is 12.1 Å². The van der Waals surface area contributed by atoms with Gasteiger partial charge in [-0.1, -0.05) is 12.8 Å². The van der Waals surface area contributed by atoms with Crippen LogP contribution in [0.5, 0.6) is 0 Å². The second-order valence-electron chi connectivity index (χ2n) is 6.09. The van der Waals surface area contributed by atoms with E-state index in [1.807, 2.05) is 0 Å². The third kappa shape index (κ3) is 2.68. The molecule has 0 amide bonds. The normalized spacial score (nSPS) is 22.9. The Balaban J connectivity index is 1.55. The van der Waals surface area contributed by atoms with Crippen LogP contribution >= 0.6 is 0 Å². The number of hydrogen-bond acceptors (Lipinski definition) is 3. The van der Waals surface area contributed by atoms with Gasteiger partial charge < -0.3 is 9.52 Å². The lowest BCUT2D eigenvalue weighted by Gasteiger charge is -2.39. The molecule has 1 aliphatic heterocycles. The van der Waals surface area contributed by atoms with Crippen molar-refractivity contribution in [3.8, 4) is 0 Å². The Morgan fingerprint density at radius 1 is 1.26 bits per heavy atom. The molecule has 0 aromatic carbocycles. The predicted molar refractivity (Wildman–Crippen MR) is 71.1 cm³/mol. The number of furan rings is 1. The van der Waals surface area contributed by atoms with E-state index >= 15 is 0 Å². The van der Waals surface area contributed by atoms with E-state index < -0.39 is 5.97 Å². The standard InChI is InChI=1S/C15H21NO3/c17-14(18)12-9-13(19-11-12)10-16-7-5-15(6-8-16)3-1-2-4-15/h9,11H,1-8,10H2,(H,17,18). The molecule has 1 N–H and O–H groups in total. The summed E-state index contributed by atoms with van der Waals surface area (Å²) in [4.78, 5) is 13.2. The molecular weight excluding hydrogens is 242 g/mol. The van der Waals surface area contributed by atoms with Gasteiger partial charge in [0.25, 0.3) is 0 Å². The summed E-state index contributed by atoms with van der Waals surface area (Å²) in [5, 5.41) is 8.87. The molecule has 1 spiro atoms. The van der Waals surface area contributed by atoms with E-state index in [9.17, 15) is 4.79 Å². The van der Waals surface area contributed by atoms with Crippen molar-refractivity contribution in [3.05, 3.63) is 23.7 Å². The zero-order valence-corrected chi connectivity index (χ0v) is 11.2. The van der Waals surface area contributed by atoms with Gasteiger partial charge in [-0.2, -0.15) is 0 Å². The maximum absolute atomic E-state index is 10.8. The zero-order valence-electron chi connectivity index (χ0n) is 11.2. The van der Waals surface area contributed by atoms with Crippen LogP contribution in [0.3, 0.4) is 0 Å². The molecule has 1 aliphatic carbocycles. The van der Waals surface area contributed by atoms with E-state index in [0.717, 1.165) is 25.4 Å². The molecular formula is C15H21NO3. The van der Waals surface area contributed by atoms with Crippen LogP contribution in [0.25, 0.3) is 0 Å². The molecule has 1 saturated carbocycles. The Bertz CT molecular complexity index is 450. The molecule has 1 aromatic heterocycles. The highest BCUT2D eigenvalue weighted by Gasteiger charge is 2.36. The lowest BCUT2D eigenvalue weighted by Crippen LogP contribution is -2.38. The number of rotatable bonds is 3. The molecule has 19 heavy (non-hydrogen) atoms. The molecule has 3 rings (SSSR count). The minimum atomic E-state index is -0.918. The number of likely N-dealkylation sites (tertiary alicyclic amines) is 1. The van der Waals surface area contributed by atoms with Gasteiger partial charge in [-0.25, -0.2) is 4.79 Å². The van der Waals surface area contributed by atoms with Crippen molar-refractivity contribution in [1.29, 1.82) is 0 Å². The van der Waals surface area contributed by atoms with Crippen molar-refractivity contribution in [3.63, 3.8) is 0 Å². The Hall–Kier alpha value is -1.29. The van der Waals surface area contributed by atoms with Crippen molar-refractivity contribution in [2.45, 2.75) is 45.1 Å². The number of carboxylic acids is 1. The number of carboxylic acid groups (broad SMARTS) is 1. The van der Waals surface area contributed by atoms with E-state index in [1.165, 1.54) is 44.8 Å². The quantitative estimate of drug-likeness (QED) is 0.910. The Morgan fingerprint density at radius 3 is 2.53 bits per heavy atom. The second kappa shape index (κ2) is 5.00. The Labute approximate surface area is 113 Å². The van der Waals surface area contributed by atoms with E-state index in [0.29, 0.717) is 5.41 Å². The van der Waals surface area contributed by atoms with Gasteiger partial charge in [-0.3, -0.25) is 4.90 Å². The summed E-state index contributed by atoms with van der Waals surface area (Å²) in [5.41, 5.74) is 0.880. The number of aromatic carboxylic acids is 1. The summed E-state index contributed by atoms with van der Waals surface area (Å²) < 4.78 is 5.32. The number of carbonyl (C=O) groups is 1. The van der Waals surface area contributed by atoms with Crippen LogP contribution < -0.4 is 0 Å². The van der Waals surface area contributed by atoms with E-state index in [-0.39, 0.29) is 5.56 Å². The minimum Gasteiger partial charge on any atom is -0.478 e. The molecule has 0 radical (unpaired) electrons. The predicted octanol–water partition coefficient (Wildman–Crippen LogP) is 3.13. The lowest BCUT2D eigenvalue weighted by atomic mass is 9.77. The van der Waals surface area contributed by atoms with Crippen LogP contribution in [0.2, 0.25) is 0 Å². The van der Waals surface area contributed by atoms with Gasteiger partial charge in [-0.15, -0.1) is 0 Å². The number of nitrogens with zero attached hydrogens (tertiary/aromatic N) is 1. The van der Waals surface area contributed by atoms with E-state index in [4.69, 9.17) is 9.52 Å². The number of piperidine rings is 1. The van der Waals surface area contributed by atoms with Gasteiger partial charge in [0.1, 0.15) is 12.0 Å². The first-order valence-corrected chi connectivity index (χ1v) is 7.20. The average Bonchev–Trinajstić information content (AvgIpc) is 3.02. The fraction of sp³-hybridized carbons (Fsp3) is 0.667. The average molecular weight is 263 g/mol. The van der Waals surface area contributed by atoms with Crippen molar-refractivity contribution in [2.75, 3.05) is 13.1 Å². The third-order valence-corrected chi connectivity index (χ3v) is 4.86. The van der Waals surface area contributed by atoms with Gasteiger partial charge in [-0.05, 0) is 50.3 Å². The molecule has 0 bridgehead atoms. The summed E-state index contributed by atoms with van der Waals surface area (Å²) in [6, 6.07) is 1.64. The molecule has 2 fully saturated rings. The van der Waals surface area contributed by atoms with Crippen molar-refractivity contribution in [2.24, 2.45) is 5.41 Å². The van der Waals surface area contributed by atoms with Crippen LogP contribution in [0.4, 0.5) is 0 Å². The van der Waals surface area contributed by atoms with Crippen LogP contribution in [0.1, 0.15) is 54.6 Å². The van der Waals surface area contributed by atoms with Crippen molar-refractivity contribution in [1.82, 2.24) is 4.90 Å². The van der Waals surface area contributed by atoms with Crippen LogP contribution in [-0.4, -0.2) is 29.1 Å². The van der Waals surface area contributed by atoms with Crippen LogP contribution in [0.15, 0.2) is 16.7 Å². The smallest absolute Gasteiger partial charge is 0.338 e. The highest BCUT2D eigenvalue weighted by Crippen LogP contribution is 2.46. The fourth-order valence-corrected chi connectivity index (χ4v) is 3.61. The van der Waals surface area contributed by atoms with Crippen LogP contribution in [-0.2, 0) is 6.54 Å². The summed E-state index contributed by atoms with van der Waals surface area (Å²) >= 11 is 0. The lowest BCUT2D eigenvalue weighted by molar-refractivity contribution is 0.0696. The number of hydrogen-bond donors (Lipinski definition) is 1. The first-order chi connectivity index (χ1) is 9.17. The van der Waals surface area contributed by atoms with Crippen molar-refractivity contribution >= 4 is 5.97 Å². The molecule has 4 heteroatoms. The largest absolute Gasteiger partial charge is 0.478 e. The summed E-state index contributed by atoms with van der Waals surface area (Å²) in [6.45, 7) is 2.97. The monoisotopic (exact) mass is 263 g/mol. The first kappa shape index (κ1) is 12.7. The van der Waals surface area contributed by atoms with Gasteiger partial charge >= 0.3 is 5.97 Å². The Morgan fingerprint density at radius 2 is 1.95 bits per heavy atom. The highest BCUT2D eigenvalue weighted by molar-refractivity contribution is 5.87. The first-order valence-electron chi connectivity index (χ1n) is 7.20. The maximum Gasteiger partial charge on any atom is 0.338 e. The van der Waals surface area contributed by atoms with Crippen molar-refractivity contribution < 1.29 is 14.3 Å². The van der Waals surface area contributed by atoms with Crippen LogP contribution in [0, 0.1) is 5.41 Å². The molecule has 2 heterocycles. The third-order valence-electron chi connectivity index (χ3n) is 4.86. The molecule has 1 aromatic rings. The Kier molecular flexibility index (Phi) is 3.35. The SMILES string of the molecule is O=C(O)c1coc(CN2CCC3(CCCC3)CC2)c1. The topological polar surface area (TPSA) is 53.7 Å². The van der Waals surface area contributed by atoms with Gasteiger partial charge in [0.15, 0.2) is 0 Å². The van der Waals surface area contributed by atoms with Gasteiger partial charge in [0.2, 0.25) is 0 Å². The molecule has 4 nitrogen and oxygen atoms in total. The minimum absolute atomic E-state index is 0.249. The van der Waals surface area contributed by atoms with Gasteiger partial charge in [0, 0.05) is 0 Å². The fourth-order valence-electron chi connectivity index (χ4n) is 3.61. The molecule has 0 atom stereocenters. The van der Waals surface area contributed by atoms with E-state index in [1.54, 1.807) is 6.07 Å². The van der Waals surface area contributed by atoms with E-state index in [2.05, 4.69) is 4.90 Å². The second-order valence-corrected chi connectivity index (χ2v) is 6.09. The zero-order chi connectivity index (χ0) is 13.3. The summed E-state index contributed by atoms with van der Waals surface area (Å²) in [5.74, 6) is -0.154.